The van der Waals surface area contributed by atoms with Crippen molar-refractivity contribution in [3.63, 3.8) is 0 Å². The Morgan fingerprint density at radius 1 is 0.969 bits per heavy atom. The van der Waals surface area contributed by atoms with Gasteiger partial charge >= 0.3 is 11.9 Å². The molecule has 2 heterocycles. The summed E-state index contributed by atoms with van der Waals surface area (Å²) in [5, 5.41) is 8.58. The molecule has 0 aliphatic carbocycles. The molecule has 1 aromatic carbocycles. The van der Waals surface area contributed by atoms with E-state index in [4.69, 9.17) is 9.47 Å². The minimum Gasteiger partial charge on any atom is -0.462 e. The fraction of sp³-hybridized carbons (Fsp3) is 0.273. The number of nitrogens with zero attached hydrogens (tertiary/aromatic N) is 3. The number of azo groups is 1. The van der Waals surface area contributed by atoms with Gasteiger partial charge in [-0.1, -0.05) is 0 Å². The summed E-state index contributed by atoms with van der Waals surface area (Å²) in [5.74, 6) is -1.97. The average Bonchev–Trinajstić information content (AvgIpc) is 3.26. The summed E-state index contributed by atoms with van der Waals surface area (Å²) in [6, 6.07) is 4.86. The highest BCUT2D eigenvalue weighted by Crippen LogP contribution is 2.38. The molecule has 9 nitrogen and oxygen atoms in total. The molecule has 2 amide bonds. The number of aryl methyl sites for hydroxylation is 1. The van der Waals surface area contributed by atoms with Crippen molar-refractivity contribution in [3.8, 4) is 0 Å². The molecule has 0 radical (unpaired) electrons. The van der Waals surface area contributed by atoms with Crippen LogP contribution in [-0.4, -0.2) is 37.0 Å². The van der Waals surface area contributed by atoms with Gasteiger partial charge in [-0.05, 0) is 57.0 Å². The molecule has 0 saturated carbocycles. The molecule has 1 aromatic heterocycles. The maximum Gasteiger partial charge on any atom is 0.348 e. The number of hydrogen-bond donors (Lipinski definition) is 0. The summed E-state index contributed by atoms with van der Waals surface area (Å²) in [5.41, 5.74) is 2.12. The Hall–Kier alpha value is -3.66. The monoisotopic (exact) mass is 455 g/mol. The van der Waals surface area contributed by atoms with Crippen LogP contribution < -0.4 is 4.90 Å². The third-order valence-corrected chi connectivity index (χ3v) is 5.71. The van der Waals surface area contributed by atoms with Crippen LogP contribution in [0.1, 0.15) is 45.0 Å². The standard InChI is InChI=1S/C22H21N3O6S/c1-5-30-21(28)18-13(4)19(22(29)31-6-2)32-20(18)24-23-14-7-8-15(12(3)11-14)25-16(26)9-10-17(25)27/h7-11H,5-6H2,1-4H3. The van der Waals surface area contributed by atoms with Crippen LogP contribution in [0, 0.1) is 13.8 Å². The SMILES string of the molecule is CCOC(=O)c1sc(N=Nc2ccc(N3C(=O)C=CC3=O)c(C)c2)c(C(=O)OCC)c1C. The molecule has 0 unspecified atom stereocenters. The van der Waals surface area contributed by atoms with Crippen LogP contribution in [0.2, 0.25) is 0 Å². The molecule has 3 rings (SSSR count). The van der Waals surface area contributed by atoms with Crippen molar-refractivity contribution in [1.29, 1.82) is 0 Å². The zero-order valence-corrected chi connectivity index (χ0v) is 18.8. The van der Waals surface area contributed by atoms with Crippen molar-refractivity contribution >= 4 is 51.5 Å². The number of hydrogen-bond acceptors (Lipinski definition) is 9. The van der Waals surface area contributed by atoms with Crippen LogP contribution in [0.15, 0.2) is 40.6 Å². The predicted octanol–water partition coefficient (Wildman–Crippen LogP) is 4.56. The van der Waals surface area contributed by atoms with E-state index >= 15 is 0 Å². The van der Waals surface area contributed by atoms with Gasteiger partial charge in [-0.3, -0.25) is 9.59 Å². The van der Waals surface area contributed by atoms with E-state index in [0.29, 0.717) is 22.5 Å². The zero-order chi connectivity index (χ0) is 23.4. The van der Waals surface area contributed by atoms with Crippen LogP contribution >= 0.6 is 11.3 Å². The minimum atomic E-state index is -0.601. The Morgan fingerprint density at radius 2 is 1.59 bits per heavy atom. The second-order valence-corrected chi connectivity index (χ2v) is 7.69. The highest BCUT2D eigenvalue weighted by molar-refractivity contribution is 7.18. The first-order chi connectivity index (χ1) is 15.3. The molecule has 2 aromatic rings. The second-order valence-electron chi connectivity index (χ2n) is 6.69. The molecule has 0 saturated heterocycles. The lowest BCUT2D eigenvalue weighted by Crippen LogP contribution is -2.30. The van der Waals surface area contributed by atoms with Crippen molar-refractivity contribution < 1.29 is 28.7 Å². The van der Waals surface area contributed by atoms with Crippen molar-refractivity contribution in [1.82, 2.24) is 0 Å². The van der Waals surface area contributed by atoms with E-state index in [1.54, 1.807) is 45.9 Å². The number of esters is 2. The maximum atomic E-state index is 12.5. The molecule has 166 valence electrons. The quantitative estimate of drug-likeness (QED) is 0.343. The minimum absolute atomic E-state index is 0.163. The molecule has 1 aliphatic heterocycles. The summed E-state index contributed by atoms with van der Waals surface area (Å²) < 4.78 is 10.2. The van der Waals surface area contributed by atoms with Gasteiger partial charge in [-0.15, -0.1) is 21.6 Å². The van der Waals surface area contributed by atoms with E-state index in [1.807, 2.05) is 0 Å². The topological polar surface area (TPSA) is 115 Å². The van der Waals surface area contributed by atoms with Crippen molar-refractivity contribution in [3.05, 3.63) is 51.9 Å². The third-order valence-electron chi connectivity index (χ3n) is 4.56. The molecule has 1 aliphatic rings. The van der Waals surface area contributed by atoms with Gasteiger partial charge in [0.1, 0.15) is 10.4 Å². The van der Waals surface area contributed by atoms with Crippen LogP contribution in [0.25, 0.3) is 0 Å². The molecule has 0 spiro atoms. The molecule has 0 N–H and O–H groups in total. The highest BCUT2D eigenvalue weighted by atomic mass is 32.1. The Labute approximate surface area is 188 Å². The number of benzene rings is 1. The van der Waals surface area contributed by atoms with Gasteiger partial charge < -0.3 is 9.47 Å². The van der Waals surface area contributed by atoms with Gasteiger partial charge in [0.15, 0.2) is 5.00 Å². The first-order valence-corrected chi connectivity index (χ1v) is 10.7. The van der Waals surface area contributed by atoms with Crippen LogP contribution in [0.4, 0.5) is 16.4 Å². The lowest BCUT2D eigenvalue weighted by molar-refractivity contribution is -0.120. The third kappa shape index (κ3) is 4.50. The number of carbonyl (C=O) groups excluding carboxylic acids is 4. The fourth-order valence-electron chi connectivity index (χ4n) is 3.10. The Balaban J connectivity index is 1.94. The zero-order valence-electron chi connectivity index (χ0n) is 18.0. The van der Waals surface area contributed by atoms with Gasteiger partial charge in [0.05, 0.1) is 24.6 Å². The Kier molecular flexibility index (Phi) is 6.94. The summed E-state index contributed by atoms with van der Waals surface area (Å²) >= 11 is 0.994. The number of thiophene rings is 1. The van der Waals surface area contributed by atoms with Crippen molar-refractivity contribution in [2.75, 3.05) is 18.1 Å². The van der Waals surface area contributed by atoms with Gasteiger partial charge in [0.25, 0.3) is 11.8 Å². The summed E-state index contributed by atoms with van der Waals surface area (Å²) in [4.78, 5) is 49.9. The van der Waals surface area contributed by atoms with Gasteiger partial charge in [-0.25, -0.2) is 14.5 Å². The second kappa shape index (κ2) is 9.65. The van der Waals surface area contributed by atoms with Crippen LogP contribution in [0.5, 0.6) is 0 Å². The van der Waals surface area contributed by atoms with Crippen molar-refractivity contribution in [2.24, 2.45) is 10.2 Å². The number of anilines is 1. The van der Waals surface area contributed by atoms with Crippen molar-refractivity contribution in [2.45, 2.75) is 27.7 Å². The smallest absolute Gasteiger partial charge is 0.348 e. The molecule has 32 heavy (non-hydrogen) atoms. The first-order valence-electron chi connectivity index (χ1n) is 9.84. The molecular weight excluding hydrogens is 434 g/mol. The van der Waals surface area contributed by atoms with Gasteiger partial charge in [0.2, 0.25) is 0 Å². The number of ether oxygens (including phenoxy) is 2. The molecule has 0 bridgehead atoms. The largest absolute Gasteiger partial charge is 0.462 e. The van der Waals surface area contributed by atoms with Gasteiger partial charge in [-0.2, -0.15) is 0 Å². The number of carbonyl (C=O) groups is 4. The fourth-order valence-corrected chi connectivity index (χ4v) is 4.11. The van der Waals surface area contributed by atoms with Gasteiger partial charge in [0, 0.05) is 12.2 Å². The van der Waals surface area contributed by atoms with E-state index in [0.717, 1.165) is 16.2 Å². The average molecular weight is 455 g/mol. The van der Waals surface area contributed by atoms with E-state index in [1.165, 1.54) is 12.2 Å². The normalized spacial score (nSPS) is 13.3. The number of amides is 2. The number of imide groups is 1. The van der Waals surface area contributed by atoms with Crippen LogP contribution in [0.3, 0.4) is 0 Å². The lowest BCUT2D eigenvalue weighted by atomic mass is 10.1. The molecule has 0 fully saturated rings. The van der Waals surface area contributed by atoms with Crippen LogP contribution in [-0.2, 0) is 19.1 Å². The molecular formula is C22H21N3O6S. The van der Waals surface area contributed by atoms with E-state index < -0.39 is 23.8 Å². The molecule has 0 atom stereocenters. The first kappa shape index (κ1) is 23.0. The Morgan fingerprint density at radius 3 is 2.19 bits per heavy atom. The maximum absolute atomic E-state index is 12.5. The van der Waals surface area contributed by atoms with E-state index in [9.17, 15) is 19.2 Å². The predicted molar refractivity (Wildman–Crippen MR) is 118 cm³/mol. The molecule has 10 heteroatoms. The summed E-state index contributed by atoms with van der Waals surface area (Å²) in [7, 11) is 0. The van der Waals surface area contributed by atoms with E-state index in [2.05, 4.69) is 10.2 Å². The lowest BCUT2D eigenvalue weighted by Gasteiger charge is -2.16. The van der Waals surface area contributed by atoms with E-state index in [-0.39, 0.29) is 28.7 Å². The Bertz CT molecular complexity index is 1150. The summed E-state index contributed by atoms with van der Waals surface area (Å²) in [6.45, 7) is 7.12. The summed E-state index contributed by atoms with van der Waals surface area (Å²) in [6.07, 6.45) is 2.43. The highest BCUT2D eigenvalue weighted by Gasteiger charge is 2.27. The number of rotatable bonds is 7.